The van der Waals surface area contributed by atoms with E-state index in [9.17, 15) is 14.7 Å². The number of hydrogen-bond donors (Lipinski definition) is 1. The molecule has 2 aromatic carbocycles. The smallest absolute Gasteiger partial charge is 0.250 e. The van der Waals surface area contributed by atoms with Crippen molar-refractivity contribution in [2.45, 2.75) is 44.0 Å². The van der Waals surface area contributed by atoms with Crippen LogP contribution < -0.4 is 0 Å². The minimum Gasteiger partial charge on any atom is -0.551 e. The molecule has 0 saturated carbocycles. The number of carbonyl (C=O) groups is 2. The number of ether oxygens (including phenoxy) is 2. The van der Waals surface area contributed by atoms with Crippen LogP contribution in [0.1, 0.15) is 46.9 Å². The van der Waals surface area contributed by atoms with Crippen LogP contribution in [-0.4, -0.2) is 29.1 Å². The number of hydrogen-bond acceptors (Lipinski definition) is 5. The summed E-state index contributed by atoms with van der Waals surface area (Å²) in [5.74, 6) is -0.744. The van der Waals surface area contributed by atoms with Gasteiger partial charge in [0.2, 0.25) is 0 Å². The van der Waals surface area contributed by atoms with Gasteiger partial charge in [-0.1, -0.05) is 42.0 Å². The molecule has 0 aromatic heterocycles. The molecule has 1 N–H and O–H groups in total. The zero-order valence-electron chi connectivity index (χ0n) is 15.7. The van der Waals surface area contributed by atoms with Gasteiger partial charge in [0.25, 0.3) is 5.97 Å². The van der Waals surface area contributed by atoms with Gasteiger partial charge < -0.3 is 19.4 Å². The number of allylic oxidation sites excluding steroid dienone is 2. The van der Waals surface area contributed by atoms with Crippen molar-refractivity contribution >= 4 is 11.8 Å². The second kappa shape index (κ2) is 9.51. The van der Waals surface area contributed by atoms with Crippen molar-refractivity contribution < 1.29 is 45.2 Å². The van der Waals surface area contributed by atoms with E-state index in [4.69, 9.17) is 9.47 Å². The zero-order chi connectivity index (χ0) is 19.5. The summed E-state index contributed by atoms with van der Waals surface area (Å²) >= 11 is 0. The number of epoxide rings is 1. The Kier molecular flexibility index (Phi) is 7.04. The number of aromatic hydroxyl groups is 1. The maximum atomic E-state index is 12.9. The molecule has 0 radical (unpaired) electrons. The van der Waals surface area contributed by atoms with E-state index in [0.717, 1.165) is 18.4 Å². The second-order valence-corrected chi connectivity index (χ2v) is 7.13. The van der Waals surface area contributed by atoms with Crippen LogP contribution in [-0.2, 0) is 41.8 Å². The summed E-state index contributed by atoms with van der Waals surface area (Å²) in [6, 6.07) is 15.1. The SMILES string of the molecule is O=C1/C=C/CCC2OC2C[C@@H](c2ccccc2)OC(=O)c2[c-]cc(O)cc2C1.[Mo]. The van der Waals surface area contributed by atoms with Crippen molar-refractivity contribution in [1.29, 1.82) is 0 Å². The fourth-order valence-electron chi connectivity index (χ4n) is 3.54. The maximum absolute atomic E-state index is 12.9. The third-order valence-electron chi connectivity index (χ3n) is 5.05. The van der Waals surface area contributed by atoms with E-state index < -0.39 is 12.1 Å². The standard InChI is InChI=1S/C23H21O5.Mo/c24-17-8-4-5-9-20-22(27-20)14-21(15-6-2-1-3-7-15)28-23(26)19-11-10-18(25)13-16(19)12-17;/h1-4,6-8,10,13,20-22,25H,5,9,12,14H2;/q-1;/b8-4+;/t20?,21-,22?;/m0./s1. The first kappa shape index (κ1) is 21.5. The quantitative estimate of drug-likeness (QED) is 0.296. The van der Waals surface area contributed by atoms with E-state index in [1.165, 1.54) is 18.2 Å². The van der Waals surface area contributed by atoms with Crippen LogP contribution in [0.5, 0.6) is 5.75 Å². The minimum atomic E-state index is -0.560. The summed E-state index contributed by atoms with van der Waals surface area (Å²) in [5, 5.41) is 9.77. The van der Waals surface area contributed by atoms with Crippen molar-refractivity contribution in [3.63, 3.8) is 0 Å². The molecular weight excluding hydrogens is 452 g/mol. The summed E-state index contributed by atoms with van der Waals surface area (Å²) in [5.41, 5.74) is 1.48. The number of carbonyl (C=O) groups excluding carboxylic acids is 2. The molecule has 2 aliphatic rings. The van der Waals surface area contributed by atoms with Crippen LogP contribution in [0.2, 0.25) is 0 Å². The fourth-order valence-corrected chi connectivity index (χ4v) is 3.54. The average Bonchev–Trinajstić information content (AvgIpc) is 3.42. The third-order valence-corrected chi connectivity index (χ3v) is 5.05. The van der Waals surface area contributed by atoms with Crippen LogP contribution in [0, 0.1) is 6.07 Å². The van der Waals surface area contributed by atoms with Crippen molar-refractivity contribution in [3.05, 3.63) is 77.4 Å². The number of phenolic OH excluding ortho intramolecular Hbond substituents is 1. The van der Waals surface area contributed by atoms with E-state index in [0.29, 0.717) is 12.0 Å². The van der Waals surface area contributed by atoms with Crippen molar-refractivity contribution in [2.24, 2.45) is 0 Å². The number of benzene rings is 2. The molecule has 1 saturated heterocycles. The van der Waals surface area contributed by atoms with E-state index >= 15 is 0 Å². The Balaban J connectivity index is 0.00000240. The van der Waals surface area contributed by atoms with Gasteiger partial charge in [0.15, 0.2) is 5.78 Å². The topological polar surface area (TPSA) is 76.1 Å². The summed E-state index contributed by atoms with van der Waals surface area (Å²) in [6.07, 6.45) is 5.24. The van der Waals surface area contributed by atoms with Crippen molar-refractivity contribution in [3.8, 4) is 5.75 Å². The monoisotopic (exact) mass is 475 g/mol. The van der Waals surface area contributed by atoms with E-state index in [1.54, 1.807) is 0 Å². The molecule has 29 heavy (non-hydrogen) atoms. The van der Waals surface area contributed by atoms with Gasteiger partial charge >= 0.3 is 0 Å². The Morgan fingerprint density at radius 3 is 2.69 bits per heavy atom. The Hall–Kier alpha value is -2.23. The van der Waals surface area contributed by atoms with Crippen LogP contribution in [0.15, 0.2) is 54.6 Å². The molecule has 0 bridgehead atoms. The van der Waals surface area contributed by atoms with Crippen LogP contribution >= 0.6 is 0 Å². The van der Waals surface area contributed by atoms with E-state index in [2.05, 4.69) is 6.07 Å². The summed E-state index contributed by atoms with van der Waals surface area (Å²) in [7, 11) is 0. The number of ketones is 1. The van der Waals surface area contributed by atoms with Gasteiger partial charge in [0.1, 0.15) is 6.10 Å². The Morgan fingerprint density at radius 2 is 1.90 bits per heavy atom. The van der Waals surface area contributed by atoms with Gasteiger partial charge in [-0.25, -0.2) is 0 Å². The second-order valence-electron chi connectivity index (χ2n) is 7.13. The molecule has 2 unspecified atom stereocenters. The number of esters is 1. The number of rotatable bonds is 1. The molecule has 0 aliphatic carbocycles. The average molecular weight is 473 g/mol. The van der Waals surface area contributed by atoms with Gasteiger partial charge in [-0.05, 0) is 24.5 Å². The molecule has 5 nitrogen and oxygen atoms in total. The number of cyclic esters (lactones) is 1. The summed E-state index contributed by atoms with van der Waals surface area (Å²) in [4.78, 5) is 25.1. The molecule has 2 aliphatic heterocycles. The van der Waals surface area contributed by atoms with Crippen molar-refractivity contribution in [1.82, 2.24) is 0 Å². The van der Waals surface area contributed by atoms with Gasteiger partial charge in [0.05, 0.1) is 12.2 Å². The number of fused-ring (bicyclic) bond motifs is 2. The third kappa shape index (κ3) is 5.43. The molecule has 1 fully saturated rings. The summed E-state index contributed by atoms with van der Waals surface area (Å²) < 4.78 is 11.6. The van der Waals surface area contributed by atoms with Gasteiger partial charge in [0, 0.05) is 39.7 Å². The maximum Gasteiger partial charge on any atom is 0.250 e. The first-order chi connectivity index (χ1) is 13.6. The molecule has 0 spiro atoms. The van der Waals surface area contributed by atoms with Crippen LogP contribution in [0.4, 0.5) is 0 Å². The van der Waals surface area contributed by atoms with Gasteiger partial charge in [-0.2, -0.15) is 0 Å². The molecule has 2 aromatic rings. The van der Waals surface area contributed by atoms with Crippen LogP contribution in [0.3, 0.4) is 0 Å². The predicted octanol–water partition coefficient (Wildman–Crippen LogP) is 3.71. The van der Waals surface area contributed by atoms with E-state index in [1.807, 2.05) is 36.4 Å². The first-order valence-corrected chi connectivity index (χ1v) is 9.44. The normalized spacial score (nSPS) is 25.4. The molecule has 2 heterocycles. The number of phenols is 1. The van der Waals surface area contributed by atoms with Crippen molar-refractivity contribution in [2.75, 3.05) is 0 Å². The largest absolute Gasteiger partial charge is 0.551 e. The Labute approximate surface area is 184 Å². The van der Waals surface area contributed by atoms with Crippen LogP contribution in [0.25, 0.3) is 0 Å². The Bertz CT molecular complexity index is 909. The molecule has 4 rings (SSSR count). The fraction of sp³-hybridized carbons (Fsp3) is 0.304. The predicted molar refractivity (Wildman–Crippen MR) is 102 cm³/mol. The summed E-state index contributed by atoms with van der Waals surface area (Å²) in [6.45, 7) is 0. The minimum absolute atomic E-state index is 0. The van der Waals surface area contributed by atoms with E-state index in [-0.39, 0.29) is 56.8 Å². The molecule has 150 valence electrons. The molecule has 3 atom stereocenters. The Morgan fingerprint density at radius 1 is 1.10 bits per heavy atom. The van der Waals surface area contributed by atoms with Gasteiger partial charge in [-0.3, -0.25) is 4.79 Å². The first-order valence-electron chi connectivity index (χ1n) is 9.44. The molecule has 0 amide bonds. The molecular formula is C23H21MoO5-. The van der Waals surface area contributed by atoms with Gasteiger partial charge in [-0.15, -0.1) is 23.8 Å². The molecule has 6 heteroatoms. The zero-order valence-corrected chi connectivity index (χ0v) is 17.8.